The van der Waals surface area contributed by atoms with Gasteiger partial charge >= 0.3 is 0 Å². The van der Waals surface area contributed by atoms with Crippen molar-refractivity contribution in [3.8, 4) is 5.75 Å². The molecule has 2 aromatic carbocycles. The van der Waals surface area contributed by atoms with E-state index in [0.717, 1.165) is 16.9 Å². The monoisotopic (exact) mass is 322 g/mol. The molecule has 3 nitrogen and oxygen atoms in total. The average Bonchev–Trinajstić information content (AvgIpc) is 2.68. The van der Waals surface area contributed by atoms with Crippen molar-refractivity contribution in [2.75, 3.05) is 13.7 Å². The molecule has 3 rings (SSSR count). The number of rotatable bonds is 6. The van der Waals surface area contributed by atoms with Crippen LogP contribution in [0.1, 0.15) is 17.2 Å². The summed E-state index contributed by atoms with van der Waals surface area (Å²) in [5, 5.41) is 0. The summed E-state index contributed by atoms with van der Waals surface area (Å²) in [5.74, 6) is 0.838. The molecule has 2 atom stereocenters. The molecular formula is C21H22O3. The lowest BCUT2D eigenvalue weighted by Crippen LogP contribution is -2.36. The minimum atomic E-state index is -0.585. The SMILES string of the molecule is C=C[C@]1(OCc2ccccc2)C=C[C@@H](c2ccc(OC)cc2)OC1. The van der Waals surface area contributed by atoms with Gasteiger partial charge in [-0.3, -0.25) is 0 Å². The van der Waals surface area contributed by atoms with Crippen molar-refractivity contribution in [3.63, 3.8) is 0 Å². The van der Waals surface area contributed by atoms with Crippen molar-refractivity contribution in [2.45, 2.75) is 18.3 Å². The largest absolute Gasteiger partial charge is 0.497 e. The van der Waals surface area contributed by atoms with E-state index in [2.05, 4.69) is 6.58 Å². The number of hydrogen-bond acceptors (Lipinski definition) is 3. The van der Waals surface area contributed by atoms with Crippen LogP contribution < -0.4 is 4.74 Å². The van der Waals surface area contributed by atoms with Gasteiger partial charge in [0.2, 0.25) is 0 Å². The fourth-order valence-electron chi connectivity index (χ4n) is 2.64. The quantitative estimate of drug-likeness (QED) is 0.735. The first-order valence-electron chi connectivity index (χ1n) is 8.01. The molecule has 2 aromatic rings. The number of ether oxygens (including phenoxy) is 3. The van der Waals surface area contributed by atoms with Gasteiger partial charge in [0.25, 0.3) is 0 Å². The average molecular weight is 322 g/mol. The molecule has 0 aliphatic carbocycles. The highest BCUT2D eigenvalue weighted by Crippen LogP contribution is 2.31. The highest BCUT2D eigenvalue weighted by Gasteiger charge is 2.30. The van der Waals surface area contributed by atoms with E-state index >= 15 is 0 Å². The zero-order chi connectivity index (χ0) is 16.8. The van der Waals surface area contributed by atoms with Gasteiger partial charge in [0.15, 0.2) is 0 Å². The van der Waals surface area contributed by atoms with E-state index < -0.39 is 5.60 Å². The second kappa shape index (κ2) is 7.47. The molecule has 24 heavy (non-hydrogen) atoms. The zero-order valence-electron chi connectivity index (χ0n) is 13.9. The second-order valence-corrected chi connectivity index (χ2v) is 5.80. The van der Waals surface area contributed by atoms with Gasteiger partial charge in [-0.2, -0.15) is 0 Å². The van der Waals surface area contributed by atoms with Crippen LogP contribution in [-0.2, 0) is 16.1 Å². The Hall–Kier alpha value is -2.36. The normalized spacial score (nSPS) is 23.0. The third-order valence-corrected chi connectivity index (χ3v) is 4.18. The van der Waals surface area contributed by atoms with Crippen molar-refractivity contribution >= 4 is 0 Å². The molecule has 0 amide bonds. The lowest BCUT2D eigenvalue weighted by atomic mass is 9.98. The summed E-state index contributed by atoms with van der Waals surface area (Å²) in [6.45, 7) is 4.88. The molecular weight excluding hydrogens is 300 g/mol. The molecule has 1 aliphatic rings. The van der Waals surface area contributed by atoms with Gasteiger partial charge in [0.05, 0.1) is 20.3 Å². The van der Waals surface area contributed by atoms with Crippen LogP contribution in [0.25, 0.3) is 0 Å². The van der Waals surface area contributed by atoms with Crippen LogP contribution >= 0.6 is 0 Å². The third-order valence-electron chi connectivity index (χ3n) is 4.18. The highest BCUT2D eigenvalue weighted by atomic mass is 16.5. The molecule has 0 N–H and O–H groups in total. The van der Waals surface area contributed by atoms with Gasteiger partial charge in [-0.25, -0.2) is 0 Å². The van der Waals surface area contributed by atoms with E-state index in [1.807, 2.05) is 66.7 Å². The van der Waals surface area contributed by atoms with Crippen molar-refractivity contribution in [1.82, 2.24) is 0 Å². The maximum atomic E-state index is 6.08. The Bertz CT molecular complexity index is 691. The first-order chi connectivity index (χ1) is 11.7. The summed E-state index contributed by atoms with van der Waals surface area (Å²) in [6, 6.07) is 18.0. The molecule has 0 bridgehead atoms. The first-order valence-corrected chi connectivity index (χ1v) is 8.01. The van der Waals surface area contributed by atoms with Crippen molar-refractivity contribution in [1.29, 1.82) is 0 Å². The zero-order valence-corrected chi connectivity index (χ0v) is 13.9. The minimum Gasteiger partial charge on any atom is -0.497 e. The number of hydrogen-bond donors (Lipinski definition) is 0. The van der Waals surface area contributed by atoms with E-state index in [1.165, 1.54) is 0 Å². The van der Waals surface area contributed by atoms with E-state index in [0.29, 0.717) is 13.2 Å². The first kappa shape index (κ1) is 16.5. The van der Waals surface area contributed by atoms with Crippen molar-refractivity contribution in [3.05, 3.63) is 90.5 Å². The Labute approximate surface area is 143 Å². The predicted octanol–water partition coefficient (Wildman–Crippen LogP) is 4.46. The molecule has 1 aliphatic heterocycles. The smallest absolute Gasteiger partial charge is 0.128 e. The maximum absolute atomic E-state index is 6.08. The van der Waals surface area contributed by atoms with Crippen LogP contribution in [-0.4, -0.2) is 19.3 Å². The molecule has 0 saturated carbocycles. The van der Waals surface area contributed by atoms with Crippen molar-refractivity contribution in [2.24, 2.45) is 0 Å². The predicted molar refractivity (Wildman–Crippen MR) is 95.0 cm³/mol. The van der Waals surface area contributed by atoms with Gasteiger partial charge in [-0.1, -0.05) is 61.2 Å². The van der Waals surface area contributed by atoms with Crippen LogP contribution in [0, 0.1) is 0 Å². The molecule has 3 heteroatoms. The molecule has 0 aromatic heterocycles. The van der Waals surface area contributed by atoms with E-state index in [-0.39, 0.29) is 6.10 Å². The van der Waals surface area contributed by atoms with Crippen LogP contribution in [0.3, 0.4) is 0 Å². The van der Waals surface area contributed by atoms with Gasteiger partial charge in [-0.15, -0.1) is 0 Å². The maximum Gasteiger partial charge on any atom is 0.128 e. The summed E-state index contributed by atoms with van der Waals surface area (Å²) < 4.78 is 17.3. The molecule has 0 saturated heterocycles. The number of benzene rings is 2. The third kappa shape index (κ3) is 3.75. The number of methoxy groups -OCH3 is 1. The standard InChI is InChI=1S/C21H22O3/c1-3-21(24-15-17-7-5-4-6-8-17)14-13-20(23-16-21)18-9-11-19(22-2)12-10-18/h3-14,20H,1,15-16H2,2H3/t20-,21-/m0/s1. The van der Waals surface area contributed by atoms with Crippen LogP contribution in [0.4, 0.5) is 0 Å². The summed E-state index contributed by atoms with van der Waals surface area (Å²) in [7, 11) is 1.66. The topological polar surface area (TPSA) is 27.7 Å². The summed E-state index contributed by atoms with van der Waals surface area (Å²) in [4.78, 5) is 0. The van der Waals surface area contributed by atoms with Crippen molar-refractivity contribution < 1.29 is 14.2 Å². The Morgan fingerprint density at radius 2 is 1.92 bits per heavy atom. The van der Waals surface area contributed by atoms with E-state index in [1.54, 1.807) is 13.2 Å². The molecule has 0 spiro atoms. The molecule has 0 fully saturated rings. The fraction of sp³-hybridized carbons (Fsp3) is 0.238. The molecule has 0 unspecified atom stereocenters. The Morgan fingerprint density at radius 1 is 1.17 bits per heavy atom. The fourth-order valence-corrected chi connectivity index (χ4v) is 2.64. The Kier molecular flexibility index (Phi) is 5.14. The Morgan fingerprint density at radius 3 is 2.50 bits per heavy atom. The van der Waals surface area contributed by atoms with Gasteiger partial charge in [0.1, 0.15) is 17.5 Å². The highest BCUT2D eigenvalue weighted by molar-refractivity contribution is 5.32. The lowest BCUT2D eigenvalue weighted by molar-refractivity contribution is -0.0715. The summed E-state index contributed by atoms with van der Waals surface area (Å²) in [6.07, 6.45) is 5.79. The summed E-state index contributed by atoms with van der Waals surface area (Å²) >= 11 is 0. The molecule has 1 heterocycles. The molecule has 0 radical (unpaired) electrons. The molecule has 124 valence electrons. The van der Waals surface area contributed by atoms with Crippen LogP contribution in [0.2, 0.25) is 0 Å². The summed E-state index contributed by atoms with van der Waals surface area (Å²) in [5.41, 5.74) is 1.64. The van der Waals surface area contributed by atoms with E-state index in [9.17, 15) is 0 Å². The van der Waals surface area contributed by atoms with Crippen LogP contribution in [0.5, 0.6) is 5.75 Å². The van der Waals surface area contributed by atoms with Gasteiger partial charge in [0, 0.05) is 0 Å². The van der Waals surface area contributed by atoms with E-state index in [4.69, 9.17) is 14.2 Å². The van der Waals surface area contributed by atoms with Gasteiger partial charge in [-0.05, 0) is 29.3 Å². The Balaban J connectivity index is 1.67. The second-order valence-electron chi connectivity index (χ2n) is 5.80. The lowest BCUT2D eigenvalue weighted by Gasteiger charge is -2.33. The minimum absolute atomic E-state index is 0.0793. The van der Waals surface area contributed by atoms with Crippen LogP contribution in [0.15, 0.2) is 79.4 Å². The van der Waals surface area contributed by atoms with Gasteiger partial charge < -0.3 is 14.2 Å².